The van der Waals surface area contributed by atoms with Crippen LogP contribution in [-0.2, 0) is 6.42 Å². The molecule has 1 aromatic heterocycles. The number of benzene rings is 1. The van der Waals surface area contributed by atoms with E-state index in [-0.39, 0.29) is 11.6 Å². The molecule has 0 aliphatic rings. The van der Waals surface area contributed by atoms with Crippen LogP contribution in [0, 0.1) is 0 Å². The van der Waals surface area contributed by atoms with Gasteiger partial charge in [-0.2, -0.15) is 0 Å². The Labute approximate surface area is 105 Å². The minimum Gasteiger partial charge on any atom is -0.382 e. The standard InChI is InChI=1S/C13H14N4O/c1-2-9-3-5-10(6-4-9)17-13(18)11-7-16-12(14)8-15-11/h3-8H,2H2,1H3,(H2,14,16)(H,17,18). The number of anilines is 2. The molecule has 0 radical (unpaired) electrons. The molecule has 5 nitrogen and oxygen atoms in total. The Morgan fingerprint density at radius 3 is 2.50 bits per heavy atom. The van der Waals surface area contributed by atoms with Crippen molar-refractivity contribution in [3.8, 4) is 0 Å². The molecule has 0 saturated heterocycles. The Kier molecular flexibility index (Phi) is 3.52. The monoisotopic (exact) mass is 242 g/mol. The fourth-order valence-electron chi connectivity index (χ4n) is 1.47. The van der Waals surface area contributed by atoms with E-state index in [9.17, 15) is 4.79 Å². The summed E-state index contributed by atoms with van der Waals surface area (Å²) in [6.07, 6.45) is 3.68. The Hall–Kier alpha value is -2.43. The highest BCUT2D eigenvalue weighted by Gasteiger charge is 2.07. The van der Waals surface area contributed by atoms with Crippen LogP contribution in [0.4, 0.5) is 11.5 Å². The van der Waals surface area contributed by atoms with Gasteiger partial charge in [0.15, 0.2) is 0 Å². The van der Waals surface area contributed by atoms with Gasteiger partial charge in [-0.15, -0.1) is 0 Å². The Balaban J connectivity index is 2.08. The molecular weight excluding hydrogens is 228 g/mol. The molecule has 0 unspecified atom stereocenters. The largest absolute Gasteiger partial charge is 0.382 e. The van der Waals surface area contributed by atoms with Crippen LogP contribution in [0.3, 0.4) is 0 Å². The first-order valence-electron chi connectivity index (χ1n) is 5.67. The predicted octanol–water partition coefficient (Wildman–Crippen LogP) is 1.87. The van der Waals surface area contributed by atoms with Gasteiger partial charge in [0.05, 0.1) is 12.4 Å². The number of rotatable bonds is 3. The summed E-state index contributed by atoms with van der Waals surface area (Å²) in [5.74, 6) is -0.00871. The number of nitrogens with zero attached hydrogens (tertiary/aromatic N) is 2. The van der Waals surface area contributed by atoms with Gasteiger partial charge in [0, 0.05) is 5.69 Å². The highest BCUT2D eigenvalue weighted by atomic mass is 16.1. The molecule has 2 aromatic rings. The number of carbonyl (C=O) groups excluding carboxylic acids is 1. The van der Waals surface area contributed by atoms with Gasteiger partial charge in [-0.3, -0.25) is 4.79 Å². The van der Waals surface area contributed by atoms with E-state index < -0.39 is 0 Å². The van der Waals surface area contributed by atoms with E-state index in [1.165, 1.54) is 18.0 Å². The number of hydrogen-bond acceptors (Lipinski definition) is 4. The van der Waals surface area contributed by atoms with Crippen molar-refractivity contribution in [3.63, 3.8) is 0 Å². The van der Waals surface area contributed by atoms with Crippen LogP contribution in [-0.4, -0.2) is 15.9 Å². The number of carbonyl (C=O) groups is 1. The highest BCUT2D eigenvalue weighted by molar-refractivity contribution is 6.02. The summed E-state index contributed by atoms with van der Waals surface area (Å²) in [5, 5.41) is 2.75. The zero-order chi connectivity index (χ0) is 13.0. The van der Waals surface area contributed by atoms with Crippen molar-refractivity contribution in [2.45, 2.75) is 13.3 Å². The zero-order valence-corrected chi connectivity index (χ0v) is 10.1. The van der Waals surface area contributed by atoms with Gasteiger partial charge in [-0.25, -0.2) is 9.97 Å². The summed E-state index contributed by atoms with van der Waals surface area (Å²) < 4.78 is 0. The number of aromatic nitrogens is 2. The predicted molar refractivity (Wildman–Crippen MR) is 70.2 cm³/mol. The second-order valence-corrected chi connectivity index (χ2v) is 3.83. The molecule has 0 spiro atoms. The van der Waals surface area contributed by atoms with Crippen molar-refractivity contribution in [1.29, 1.82) is 0 Å². The first-order valence-corrected chi connectivity index (χ1v) is 5.67. The van der Waals surface area contributed by atoms with Gasteiger partial charge < -0.3 is 11.1 Å². The smallest absolute Gasteiger partial charge is 0.275 e. The summed E-state index contributed by atoms with van der Waals surface area (Å²) in [6.45, 7) is 2.08. The fourth-order valence-corrected chi connectivity index (χ4v) is 1.47. The van der Waals surface area contributed by atoms with Crippen LogP contribution in [0.1, 0.15) is 23.0 Å². The Morgan fingerprint density at radius 1 is 1.22 bits per heavy atom. The maximum atomic E-state index is 11.8. The van der Waals surface area contributed by atoms with Crippen molar-refractivity contribution in [1.82, 2.24) is 9.97 Å². The lowest BCUT2D eigenvalue weighted by atomic mass is 10.1. The van der Waals surface area contributed by atoms with E-state index in [0.29, 0.717) is 5.82 Å². The van der Waals surface area contributed by atoms with Gasteiger partial charge in [-0.1, -0.05) is 19.1 Å². The van der Waals surface area contributed by atoms with Crippen molar-refractivity contribution in [2.75, 3.05) is 11.1 Å². The molecule has 0 bridgehead atoms. The third kappa shape index (κ3) is 2.82. The van der Waals surface area contributed by atoms with E-state index in [1.54, 1.807) is 0 Å². The van der Waals surface area contributed by atoms with Gasteiger partial charge in [0.2, 0.25) is 0 Å². The average Bonchev–Trinajstić information content (AvgIpc) is 2.40. The van der Waals surface area contributed by atoms with Crippen LogP contribution < -0.4 is 11.1 Å². The molecule has 3 N–H and O–H groups in total. The molecule has 0 atom stereocenters. The molecule has 1 amide bonds. The van der Waals surface area contributed by atoms with E-state index in [4.69, 9.17) is 5.73 Å². The summed E-state index contributed by atoms with van der Waals surface area (Å²) in [5.41, 5.74) is 7.60. The number of nitrogen functional groups attached to an aromatic ring is 1. The fraction of sp³-hybridized carbons (Fsp3) is 0.154. The molecule has 0 fully saturated rings. The second kappa shape index (κ2) is 5.27. The van der Waals surface area contributed by atoms with E-state index >= 15 is 0 Å². The van der Waals surface area contributed by atoms with Crippen molar-refractivity contribution >= 4 is 17.4 Å². The third-order valence-corrected chi connectivity index (χ3v) is 2.52. The minimum atomic E-state index is -0.299. The van der Waals surface area contributed by atoms with Gasteiger partial charge in [0.25, 0.3) is 5.91 Å². The number of nitrogens with two attached hydrogens (primary N) is 1. The van der Waals surface area contributed by atoms with Crippen LogP contribution in [0.15, 0.2) is 36.7 Å². The van der Waals surface area contributed by atoms with Crippen LogP contribution in [0.5, 0.6) is 0 Å². The normalized spacial score (nSPS) is 10.1. The molecule has 18 heavy (non-hydrogen) atoms. The molecule has 2 rings (SSSR count). The number of hydrogen-bond donors (Lipinski definition) is 2. The Morgan fingerprint density at radius 2 is 1.94 bits per heavy atom. The molecule has 1 aromatic carbocycles. The summed E-state index contributed by atoms with van der Waals surface area (Å²) >= 11 is 0. The molecule has 92 valence electrons. The summed E-state index contributed by atoms with van der Waals surface area (Å²) in [6, 6.07) is 7.68. The zero-order valence-electron chi connectivity index (χ0n) is 10.1. The van der Waals surface area contributed by atoms with Crippen LogP contribution in [0.2, 0.25) is 0 Å². The van der Waals surface area contributed by atoms with Gasteiger partial charge in [0.1, 0.15) is 11.5 Å². The SMILES string of the molecule is CCc1ccc(NC(=O)c2cnc(N)cn2)cc1. The van der Waals surface area contributed by atoms with Gasteiger partial charge >= 0.3 is 0 Å². The Bertz CT molecular complexity index is 534. The molecule has 5 heteroatoms. The van der Waals surface area contributed by atoms with E-state index in [1.807, 2.05) is 24.3 Å². The van der Waals surface area contributed by atoms with E-state index in [2.05, 4.69) is 22.2 Å². The minimum absolute atomic E-state index is 0.240. The van der Waals surface area contributed by atoms with Crippen LogP contribution >= 0.6 is 0 Å². The molecule has 1 heterocycles. The summed E-state index contributed by atoms with van der Waals surface area (Å²) in [4.78, 5) is 19.6. The topological polar surface area (TPSA) is 80.9 Å². The quantitative estimate of drug-likeness (QED) is 0.861. The molecule has 0 saturated carbocycles. The maximum absolute atomic E-state index is 11.8. The lowest BCUT2D eigenvalue weighted by molar-refractivity contribution is 0.102. The van der Waals surface area contributed by atoms with Crippen molar-refractivity contribution in [3.05, 3.63) is 47.9 Å². The maximum Gasteiger partial charge on any atom is 0.275 e. The first kappa shape index (κ1) is 12.0. The van der Waals surface area contributed by atoms with Gasteiger partial charge in [-0.05, 0) is 24.1 Å². The molecular formula is C13H14N4O. The summed E-state index contributed by atoms with van der Waals surface area (Å²) in [7, 11) is 0. The number of aryl methyl sites for hydroxylation is 1. The first-order chi connectivity index (χ1) is 8.69. The number of nitrogens with one attached hydrogen (secondary N) is 1. The average molecular weight is 242 g/mol. The molecule has 0 aliphatic carbocycles. The molecule has 0 aliphatic heterocycles. The second-order valence-electron chi connectivity index (χ2n) is 3.83. The highest BCUT2D eigenvalue weighted by Crippen LogP contribution is 2.11. The lowest BCUT2D eigenvalue weighted by Crippen LogP contribution is -2.14. The van der Waals surface area contributed by atoms with Crippen LogP contribution in [0.25, 0.3) is 0 Å². The third-order valence-electron chi connectivity index (χ3n) is 2.52. The number of amides is 1. The van der Waals surface area contributed by atoms with Crippen molar-refractivity contribution < 1.29 is 4.79 Å². The van der Waals surface area contributed by atoms with E-state index in [0.717, 1.165) is 12.1 Å². The van der Waals surface area contributed by atoms with Crippen molar-refractivity contribution in [2.24, 2.45) is 0 Å². The lowest BCUT2D eigenvalue weighted by Gasteiger charge is -2.05.